The molecular weight excluding hydrogens is 319 g/mol. The van der Waals surface area contributed by atoms with Gasteiger partial charge in [0.2, 0.25) is 0 Å². The standard InChI is InChI=1S/C11H16.CH3O7PS/c1-3-10(4-2)11-8-6-5-7-9-11;2-9(3)6-1-7-10(4,5)8-9/h5-10H,3-4H2,1-2H3;1H2,(H,2,3). The summed E-state index contributed by atoms with van der Waals surface area (Å²) in [6.45, 7) is 3.71. The van der Waals surface area contributed by atoms with E-state index in [0.717, 1.165) is 5.92 Å². The van der Waals surface area contributed by atoms with Gasteiger partial charge in [-0.05, 0) is 24.3 Å². The lowest BCUT2D eigenvalue weighted by Gasteiger charge is -2.15. The molecule has 1 aromatic carbocycles. The molecule has 120 valence electrons. The minimum absolute atomic E-state index is 0.760. The maximum absolute atomic E-state index is 10.3. The first kappa shape index (κ1) is 18.3. The average Bonchev–Trinajstić information content (AvgIpc) is 2.39. The second kappa shape index (κ2) is 8.03. The Morgan fingerprint density at radius 3 is 2.19 bits per heavy atom. The summed E-state index contributed by atoms with van der Waals surface area (Å²) in [6, 6.07) is 10.8. The summed E-state index contributed by atoms with van der Waals surface area (Å²) in [7, 11) is -8.75. The van der Waals surface area contributed by atoms with E-state index in [0.29, 0.717) is 0 Å². The van der Waals surface area contributed by atoms with E-state index in [9.17, 15) is 13.0 Å². The molecule has 0 aromatic heterocycles. The van der Waals surface area contributed by atoms with Gasteiger partial charge in [-0.3, -0.25) is 4.52 Å². The molecule has 0 spiro atoms. The fourth-order valence-electron chi connectivity index (χ4n) is 1.79. The summed E-state index contributed by atoms with van der Waals surface area (Å²) in [4.78, 5) is 8.36. The highest BCUT2D eigenvalue weighted by Gasteiger charge is 2.36. The van der Waals surface area contributed by atoms with E-state index in [1.54, 1.807) is 0 Å². The third-order valence-electron chi connectivity index (χ3n) is 2.85. The quantitative estimate of drug-likeness (QED) is 0.846. The molecule has 21 heavy (non-hydrogen) atoms. The molecule has 0 saturated carbocycles. The molecular formula is C12H19O7PS. The minimum Gasteiger partial charge on any atom is -0.302 e. The van der Waals surface area contributed by atoms with Crippen molar-refractivity contribution in [2.75, 3.05) is 6.79 Å². The lowest BCUT2D eigenvalue weighted by atomic mass is 9.94. The zero-order valence-electron chi connectivity index (χ0n) is 11.8. The molecule has 1 saturated heterocycles. The summed E-state index contributed by atoms with van der Waals surface area (Å²) in [5.74, 6) is 0.760. The first-order chi connectivity index (χ1) is 9.79. The van der Waals surface area contributed by atoms with Crippen LogP contribution in [0.2, 0.25) is 0 Å². The van der Waals surface area contributed by atoms with Gasteiger partial charge < -0.3 is 4.89 Å². The summed E-state index contributed by atoms with van der Waals surface area (Å²) in [5.41, 5.74) is 1.48. The molecule has 1 aromatic rings. The Balaban J connectivity index is 0.000000211. The fraction of sp³-hybridized carbons (Fsp3) is 0.500. The zero-order valence-corrected chi connectivity index (χ0v) is 13.5. The molecule has 0 aliphatic carbocycles. The number of phosphoric ester groups is 1. The second-order valence-corrected chi connectivity index (χ2v) is 7.08. The lowest BCUT2D eigenvalue weighted by Crippen LogP contribution is -2.17. The highest BCUT2D eigenvalue weighted by Crippen LogP contribution is 2.47. The number of phosphoric acid groups is 1. The number of benzene rings is 1. The molecule has 1 heterocycles. The summed E-state index contributed by atoms with van der Waals surface area (Å²) in [6.07, 6.45) is 2.50. The third-order valence-corrected chi connectivity index (χ3v) is 5.15. The van der Waals surface area contributed by atoms with Crippen LogP contribution >= 0.6 is 7.82 Å². The van der Waals surface area contributed by atoms with Gasteiger partial charge in [-0.2, -0.15) is 8.42 Å². The van der Waals surface area contributed by atoms with Crippen LogP contribution in [0.4, 0.5) is 0 Å². The van der Waals surface area contributed by atoms with Crippen LogP contribution in [-0.2, 0) is 27.6 Å². The van der Waals surface area contributed by atoms with E-state index in [1.807, 2.05) is 0 Å². The van der Waals surface area contributed by atoms with Crippen molar-refractivity contribution in [1.82, 2.24) is 0 Å². The van der Waals surface area contributed by atoms with Crippen LogP contribution in [0, 0.1) is 0 Å². The first-order valence-corrected chi connectivity index (χ1v) is 9.25. The van der Waals surface area contributed by atoms with Gasteiger partial charge in [-0.1, -0.05) is 44.2 Å². The van der Waals surface area contributed by atoms with Crippen molar-refractivity contribution < 1.29 is 30.6 Å². The second-order valence-electron chi connectivity index (χ2n) is 4.24. The average molecular weight is 338 g/mol. The van der Waals surface area contributed by atoms with Crippen LogP contribution in [0.3, 0.4) is 0 Å². The fourth-order valence-corrected chi connectivity index (χ4v) is 3.48. The van der Waals surface area contributed by atoms with Crippen molar-refractivity contribution in [2.45, 2.75) is 32.6 Å². The maximum atomic E-state index is 10.3. The smallest absolute Gasteiger partial charge is 0.302 e. The summed E-state index contributed by atoms with van der Waals surface area (Å²) in [5, 5.41) is 0. The van der Waals surface area contributed by atoms with Gasteiger partial charge in [0.05, 0.1) is 0 Å². The molecule has 1 aliphatic heterocycles. The van der Waals surface area contributed by atoms with Gasteiger partial charge in [-0.15, -0.1) is 3.97 Å². The molecule has 1 atom stereocenters. The van der Waals surface area contributed by atoms with E-state index < -0.39 is 25.0 Å². The van der Waals surface area contributed by atoms with Gasteiger partial charge in [0.15, 0.2) is 6.79 Å². The highest BCUT2D eigenvalue weighted by atomic mass is 32.3. The SMILES string of the molecule is CCC(CC)c1ccccc1.O=P1(O)OCOS(=O)(=O)O1. The van der Waals surface area contributed by atoms with Crippen molar-refractivity contribution in [1.29, 1.82) is 0 Å². The lowest BCUT2D eigenvalue weighted by molar-refractivity contribution is 0.0509. The largest absolute Gasteiger partial charge is 0.490 e. The maximum Gasteiger partial charge on any atom is 0.490 e. The van der Waals surface area contributed by atoms with Gasteiger partial charge in [-0.25, -0.2) is 8.75 Å². The van der Waals surface area contributed by atoms with Crippen LogP contribution in [0.15, 0.2) is 30.3 Å². The first-order valence-electron chi connectivity index (χ1n) is 6.42. The van der Waals surface area contributed by atoms with E-state index in [1.165, 1.54) is 18.4 Å². The van der Waals surface area contributed by atoms with Gasteiger partial charge >= 0.3 is 18.2 Å². The molecule has 9 heteroatoms. The van der Waals surface area contributed by atoms with Crippen LogP contribution < -0.4 is 0 Å². The van der Waals surface area contributed by atoms with E-state index in [4.69, 9.17) is 4.89 Å². The van der Waals surface area contributed by atoms with Crippen LogP contribution in [0.25, 0.3) is 0 Å². The normalized spacial score (nSPS) is 24.2. The molecule has 1 fully saturated rings. The van der Waals surface area contributed by atoms with E-state index in [2.05, 4.69) is 56.9 Å². The summed E-state index contributed by atoms with van der Waals surface area (Å²) < 4.78 is 41.9. The van der Waals surface area contributed by atoms with Gasteiger partial charge in [0.25, 0.3) is 0 Å². The molecule has 0 bridgehead atoms. The zero-order chi connectivity index (χ0) is 15.9. The Kier molecular flexibility index (Phi) is 6.99. The van der Waals surface area contributed by atoms with Crippen LogP contribution in [0.5, 0.6) is 0 Å². The van der Waals surface area contributed by atoms with Crippen molar-refractivity contribution >= 4 is 18.2 Å². The molecule has 1 aliphatic rings. The third kappa shape index (κ3) is 6.69. The molecule has 2 rings (SSSR count). The molecule has 1 N–H and O–H groups in total. The number of hydrogen-bond donors (Lipinski definition) is 1. The van der Waals surface area contributed by atoms with E-state index >= 15 is 0 Å². The van der Waals surface area contributed by atoms with E-state index in [-0.39, 0.29) is 0 Å². The Hall–Kier alpha value is -0.760. The van der Waals surface area contributed by atoms with Crippen molar-refractivity contribution in [3.63, 3.8) is 0 Å². The molecule has 0 radical (unpaired) electrons. The van der Waals surface area contributed by atoms with Crippen LogP contribution in [0.1, 0.15) is 38.2 Å². The Bertz CT molecular complexity index is 569. The van der Waals surface area contributed by atoms with Gasteiger partial charge in [0, 0.05) is 0 Å². The molecule has 1 unspecified atom stereocenters. The predicted molar refractivity (Wildman–Crippen MR) is 76.6 cm³/mol. The predicted octanol–water partition coefficient (Wildman–Crippen LogP) is 2.94. The van der Waals surface area contributed by atoms with Crippen molar-refractivity contribution in [2.24, 2.45) is 0 Å². The Labute approximate surface area is 124 Å². The van der Waals surface area contributed by atoms with Crippen molar-refractivity contribution in [3.05, 3.63) is 35.9 Å². The van der Waals surface area contributed by atoms with Crippen LogP contribution in [-0.4, -0.2) is 20.1 Å². The molecule has 7 nitrogen and oxygen atoms in total. The van der Waals surface area contributed by atoms with Gasteiger partial charge in [0.1, 0.15) is 0 Å². The summed E-state index contributed by atoms with van der Waals surface area (Å²) >= 11 is 0. The monoisotopic (exact) mass is 338 g/mol. The topological polar surface area (TPSA) is 99.1 Å². The number of rotatable bonds is 3. The Morgan fingerprint density at radius 1 is 1.24 bits per heavy atom. The Morgan fingerprint density at radius 2 is 1.81 bits per heavy atom. The minimum atomic E-state index is -4.42. The molecule has 0 amide bonds. The highest BCUT2D eigenvalue weighted by molar-refractivity contribution is 7.86. The number of hydrogen-bond acceptors (Lipinski definition) is 6. The van der Waals surface area contributed by atoms with Crippen molar-refractivity contribution in [3.8, 4) is 0 Å².